The van der Waals surface area contributed by atoms with Crippen molar-refractivity contribution in [3.05, 3.63) is 0 Å². The van der Waals surface area contributed by atoms with Crippen LogP contribution in [0.3, 0.4) is 0 Å². The van der Waals surface area contributed by atoms with Crippen molar-refractivity contribution in [2.75, 3.05) is 47.6 Å². The van der Waals surface area contributed by atoms with Crippen molar-refractivity contribution < 1.29 is 46.8 Å². The molecule has 0 saturated carbocycles. The Morgan fingerprint density at radius 1 is 0.647 bits per heavy atom. The monoisotopic (exact) mass is 753 g/mol. The Morgan fingerprint density at radius 2 is 1.04 bits per heavy atom. The maximum Gasteiger partial charge on any atom is 0.473 e. The highest BCUT2D eigenvalue weighted by atomic mass is 31.2. The number of aliphatic hydroxyl groups excluding tert-OH is 1. The van der Waals surface area contributed by atoms with Gasteiger partial charge < -0.3 is 19.2 Å². The molecule has 0 aliphatic rings. The molecule has 2 N–H and O–H groups in total. The third-order valence-electron chi connectivity index (χ3n) is 9.30. The average molecular weight is 753 g/mol. The summed E-state index contributed by atoms with van der Waals surface area (Å²) in [4.78, 5) is 35.9. The van der Waals surface area contributed by atoms with E-state index in [1.807, 2.05) is 21.1 Å². The number of hydrogen-bond acceptors (Lipinski definition) is 7. The molecule has 0 aliphatic heterocycles. The minimum absolute atomic E-state index is 0.200. The molecule has 0 bridgehead atoms. The smallest absolute Gasteiger partial charge is 0.457 e. The predicted octanol–water partition coefficient (Wildman–Crippen LogP) is 10.6. The van der Waals surface area contributed by atoms with Crippen LogP contribution in [-0.2, 0) is 27.9 Å². The molecular formula is C40H80FNO8P+. The number of halogens is 1. The van der Waals surface area contributed by atoms with E-state index in [2.05, 4.69) is 6.92 Å². The fourth-order valence-electron chi connectivity index (χ4n) is 6.22. The number of esters is 1. The number of ketones is 1. The van der Waals surface area contributed by atoms with Crippen LogP contribution in [0.25, 0.3) is 0 Å². The van der Waals surface area contributed by atoms with Crippen LogP contribution >= 0.6 is 7.82 Å². The number of alkyl halides is 1. The minimum atomic E-state index is -4.67. The van der Waals surface area contributed by atoms with Crippen molar-refractivity contribution >= 4 is 19.6 Å². The van der Waals surface area contributed by atoms with Crippen molar-refractivity contribution in [3.63, 3.8) is 0 Å². The number of phosphoric ester groups is 1. The molecule has 0 heterocycles. The molecule has 0 aromatic heterocycles. The summed E-state index contributed by atoms with van der Waals surface area (Å²) < 4.78 is 41.1. The van der Waals surface area contributed by atoms with Crippen LogP contribution in [0.1, 0.15) is 187 Å². The Hall–Kier alpha value is -0.900. The molecule has 3 unspecified atom stereocenters. The fourth-order valence-corrected chi connectivity index (χ4v) is 7.14. The quantitative estimate of drug-likeness (QED) is 0.0276. The molecule has 11 heteroatoms. The van der Waals surface area contributed by atoms with Crippen LogP contribution in [0.4, 0.5) is 4.39 Å². The number of rotatable bonds is 39. The minimum Gasteiger partial charge on any atom is -0.457 e. The summed E-state index contributed by atoms with van der Waals surface area (Å²) in [5.41, 5.74) is 0. The largest absolute Gasteiger partial charge is 0.473 e. The average Bonchev–Trinajstić information content (AvgIpc) is 3.07. The summed E-state index contributed by atoms with van der Waals surface area (Å²) >= 11 is 0. The first-order valence-electron chi connectivity index (χ1n) is 20.8. The van der Waals surface area contributed by atoms with E-state index >= 15 is 0 Å². The van der Waals surface area contributed by atoms with Crippen LogP contribution in [-0.4, -0.2) is 86.0 Å². The Labute approximate surface area is 312 Å². The molecule has 0 spiro atoms. The summed E-state index contributed by atoms with van der Waals surface area (Å²) in [7, 11) is 0.965. The van der Waals surface area contributed by atoms with Crippen LogP contribution in [0, 0.1) is 0 Å². The second kappa shape index (κ2) is 33.7. The number of likely N-dealkylation sites (N-methyl/N-ethyl adjacent to an activating group) is 1. The van der Waals surface area contributed by atoms with Gasteiger partial charge in [0.05, 0.1) is 41.0 Å². The Balaban J connectivity index is 4.28. The molecule has 0 radical (unpaired) electrons. The SMILES string of the molecule is CCCCCCCCCCCCCCCC(=O)C(C[N+](C)(C)C)OP(=O)(O)OCC(CO)OC(=O)CCCCCCCCCCCCCCCF. The van der Waals surface area contributed by atoms with Crippen molar-refractivity contribution in [1.82, 2.24) is 0 Å². The van der Waals surface area contributed by atoms with E-state index in [1.54, 1.807) is 0 Å². The second-order valence-electron chi connectivity index (χ2n) is 15.6. The van der Waals surface area contributed by atoms with Gasteiger partial charge in [0.1, 0.15) is 12.6 Å². The number of unbranched alkanes of at least 4 members (excludes halogenated alkanes) is 24. The number of ether oxygens (including phenoxy) is 1. The van der Waals surface area contributed by atoms with Crippen LogP contribution in [0.15, 0.2) is 0 Å². The molecular weight excluding hydrogens is 672 g/mol. The molecule has 0 saturated heterocycles. The lowest BCUT2D eigenvalue weighted by Gasteiger charge is -2.29. The Morgan fingerprint density at radius 3 is 1.43 bits per heavy atom. The van der Waals surface area contributed by atoms with Gasteiger partial charge in [0, 0.05) is 12.8 Å². The topological polar surface area (TPSA) is 119 Å². The number of hydrogen-bond donors (Lipinski definition) is 2. The molecule has 51 heavy (non-hydrogen) atoms. The maximum atomic E-state index is 13.1. The molecule has 0 fully saturated rings. The number of phosphoric acid groups is 1. The maximum absolute atomic E-state index is 13.1. The summed E-state index contributed by atoms with van der Waals surface area (Å²) in [5, 5.41) is 9.70. The second-order valence-corrected chi connectivity index (χ2v) is 17.0. The van der Waals surface area contributed by atoms with Crippen LogP contribution in [0.2, 0.25) is 0 Å². The summed E-state index contributed by atoms with van der Waals surface area (Å²) in [6.45, 7) is 1.16. The zero-order valence-corrected chi connectivity index (χ0v) is 34.3. The third kappa shape index (κ3) is 34.6. The molecule has 0 aliphatic carbocycles. The lowest BCUT2D eigenvalue weighted by molar-refractivity contribution is -0.872. The summed E-state index contributed by atoms with van der Waals surface area (Å²) in [5.74, 6) is -0.722. The van der Waals surface area contributed by atoms with Gasteiger partial charge >= 0.3 is 13.8 Å². The van der Waals surface area contributed by atoms with Crippen LogP contribution in [0.5, 0.6) is 0 Å². The van der Waals surface area contributed by atoms with Crippen molar-refractivity contribution in [2.24, 2.45) is 0 Å². The first kappa shape index (κ1) is 50.1. The molecule has 3 atom stereocenters. The van der Waals surface area contributed by atoms with E-state index in [4.69, 9.17) is 13.8 Å². The standard InChI is InChI=1S/C40H79FNO8P/c1-5-6-7-8-9-10-11-13-16-19-22-25-28-31-38(44)39(34-42(2,3)4)50-51(46,47)48-36-37(35-43)49-40(45)32-29-26-23-20-17-14-12-15-18-21-24-27-30-33-41/h37,39,43H,5-36H2,1-4H3/p+1. The van der Waals surface area contributed by atoms with E-state index in [1.165, 1.54) is 96.3 Å². The van der Waals surface area contributed by atoms with E-state index in [9.17, 15) is 28.5 Å². The number of carbonyl (C=O) groups excluding carboxylic acids is 2. The molecule has 0 aromatic rings. The lowest BCUT2D eigenvalue weighted by Crippen LogP contribution is -2.45. The van der Waals surface area contributed by atoms with Gasteiger partial charge in [-0.1, -0.05) is 155 Å². The van der Waals surface area contributed by atoms with Gasteiger partial charge in [0.25, 0.3) is 0 Å². The van der Waals surface area contributed by atoms with Crippen molar-refractivity contribution in [2.45, 2.75) is 199 Å². The third-order valence-corrected chi connectivity index (χ3v) is 10.3. The van der Waals surface area contributed by atoms with Crippen molar-refractivity contribution in [3.8, 4) is 0 Å². The predicted molar refractivity (Wildman–Crippen MR) is 206 cm³/mol. The normalized spacial score (nSPS) is 14.3. The summed E-state index contributed by atoms with van der Waals surface area (Å²) in [6, 6.07) is 0. The van der Waals surface area contributed by atoms with Gasteiger partial charge in [-0.25, -0.2) is 4.57 Å². The zero-order valence-electron chi connectivity index (χ0n) is 33.4. The highest BCUT2D eigenvalue weighted by molar-refractivity contribution is 7.47. The van der Waals surface area contributed by atoms with Gasteiger partial charge in [-0.3, -0.25) is 23.0 Å². The number of aliphatic hydroxyl groups is 1. The fraction of sp³-hybridized carbons (Fsp3) is 0.950. The summed E-state index contributed by atoms with van der Waals surface area (Å²) in [6.07, 6.45) is 27.8. The van der Waals surface area contributed by atoms with Gasteiger partial charge in [-0.15, -0.1) is 0 Å². The highest BCUT2D eigenvalue weighted by Crippen LogP contribution is 2.45. The van der Waals surface area contributed by atoms with E-state index in [0.717, 1.165) is 51.4 Å². The molecule has 0 amide bonds. The number of Topliss-reactive ketones (excluding diaryl/α,β-unsaturated/α-hetero) is 1. The van der Waals surface area contributed by atoms with E-state index in [0.29, 0.717) is 23.7 Å². The van der Waals surface area contributed by atoms with Gasteiger partial charge in [0.15, 0.2) is 11.9 Å². The van der Waals surface area contributed by atoms with Gasteiger partial charge in [-0.2, -0.15) is 0 Å². The number of nitrogens with zero attached hydrogens (tertiary/aromatic N) is 1. The molecule has 9 nitrogen and oxygen atoms in total. The van der Waals surface area contributed by atoms with Gasteiger partial charge in [0.2, 0.25) is 0 Å². The molecule has 0 aromatic carbocycles. The zero-order chi connectivity index (χ0) is 38.1. The molecule has 304 valence electrons. The number of carbonyl (C=O) groups is 2. The molecule has 0 rings (SSSR count). The lowest BCUT2D eigenvalue weighted by atomic mass is 10.0. The number of quaternary nitrogens is 1. The van der Waals surface area contributed by atoms with Crippen molar-refractivity contribution in [1.29, 1.82) is 0 Å². The van der Waals surface area contributed by atoms with E-state index < -0.39 is 39.2 Å². The van der Waals surface area contributed by atoms with Crippen LogP contribution < -0.4 is 0 Å². The van der Waals surface area contributed by atoms with Gasteiger partial charge in [-0.05, 0) is 19.3 Å². The Kier molecular flexibility index (Phi) is 33.1. The first-order chi connectivity index (χ1) is 24.4. The Bertz CT molecular complexity index is 872. The highest BCUT2D eigenvalue weighted by Gasteiger charge is 2.35. The first-order valence-corrected chi connectivity index (χ1v) is 22.3. The van der Waals surface area contributed by atoms with E-state index in [-0.39, 0.29) is 31.8 Å².